The van der Waals surface area contributed by atoms with Gasteiger partial charge in [0.05, 0.1) is 17.7 Å². The number of nitriles is 1. The van der Waals surface area contributed by atoms with Crippen molar-refractivity contribution in [3.05, 3.63) is 29.3 Å². The number of hydrogen-bond donors (Lipinski definition) is 3. The van der Waals surface area contributed by atoms with E-state index in [1.807, 2.05) is 6.07 Å². The van der Waals surface area contributed by atoms with Crippen LogP contribution in [0.1, 0.15) is 11.1 Å². The summed E-state index contributed by atoms with van der Waals surface area (Å²) in [4.78, 5) is 10.5. The first-order valence-corrected chi connectivity index (χ1v) is 3.89. The average molecular weight is 191 g/mol. The third kappa shape index (κ3) is 2.00. The standard InChI is InChI=1S/C9H9N3O2/c10-5-7-6(4-9(13)14)2-1-3-8(7)12-11/h1-3,12H,4,11H2,(H,13,14). The van der Waals surface area contributed by atoms with Crippen LogP contribution in [-0.4, -0.2) is 11.1 Å². The van der Waals surface area contributed by atoms with Crippen molar-refractivity contribution in [2.45, 2.75) is 6.42 Å². The van der Waals surface area contributed by atoms with Crippen LogP contribution in [0, 0.1) is 11.3 Å². The highest BCUT2D eigenvalue weighted by Crippen LogP contribution is 2.18. The molecule has 0 atom stereocenters. The number of aliphatic carboxylic acids is 1. The number of anilines is 1. The topological polar surface area (TPSA) is 99.1 Å². The highest BCUT2D eigenvalue weighted by Gasteiger charge is 2.09. The number of hydrogen-bond acceptors (Lipinski definition) is 4. The first kappa shape index (κ1) is 10.0. The van der Waals surface area contributed by atoms with Crippen molar-refractivity contribution < 1.29 is 9.90 Å². The van der Waals surface area contributed by atoms with E-state index in [2.05, 4.69) is 5.43 Å². The predicted octanol–water partition coefficient (Wildman–Crippen LogP) is 0.471. The fraction of sp³-hybridized carbons (Fsp3) is 0.111. The molecule has 1 rings (SSSR count). The Bertz CT molecular complexity index is 396. The molecule has 0 aliphatic carbocycles. The molecule has 1 aromatic carbocycles. The number of carboxylic acid groups (broad SMARTS) is 1. The molecular formula is C9H9N3O2. The molecule has 14 heavy (non-hydrogen) atoms. The van der Waals surface area contributed by atoms with Gasteiger partial charge in [-0.05, 0) is 11.6 Å². The van der Waals surface area contributed by atoms with E-state index < -0.39 is 5.97 Å². The zero-order chi connectivity index (χ0) is 10.6. The van der Waals surface area contributed by atoms with E-state index in [4.69, 9.17) is 16.2 Å². The molecule has 0 saturated carbocycles. The summed E-state index contributed by atoms with van der Waals surface area (Å²) in [6.07, 6.45) is -0.182. The van der Waals surface area contributed by atoms with Crippen molar-refractivity contribution in [2.75, 3.05) is 5.43 Å². The van der Waals surface area contributed by atoms with E-state index in [0.717, 1.165) is 0 Å². The average Bonchev–Trinajstić information content (AvgIpc) is 2.16. The molecule has 0 fully saturated rings. The van der Waals surface area contributed by atoms with Gasteiger partial charge in [-0.25, -0.2) is 0 Å². The van der Waals surface area contributed by atoms with Crippen LogP contribution in [0.2, 0.25) is 0 Å². The van der Waals surface area contributed by atoms with Gasteiger partial charge in [0, 0.05) is 0 Å². The van der Waals surface area contributed by atoms with Crippen LogP contribution in [0.15, 0.2) is 18.2 Å². The number of hydrazine groups is 1. The van der Waals surface area contributed by atoms with Crippen molar-refractivity contribution in [2.24, 2.45) is 5.84 Å². The van der Waals surface area contributed by atoms with Gasteiger partial charge in [0.2, 0.25) is 0 Å². The molecule has 0 saturated heterocycles. The minimum Gasteiger partial charge on any atom is -0.481 e. The maximum absolute atomic E-state index is 10.5. The molecular weight excluding hydrogens is 182 g/mol. The minimum atomic E-state index is -0.976. The normalized spacial score (nSPS) is 9.14. The summed E-state index contributed by atoms with van der Waals surface area (Å²) in [6, 6.07) is 6.77. The lowest BCUT2D eigenvalue weighted by molar-refractivity contribution is -0.136. The SMILES string of the molecule is N#Cc1c(CC(=O)O)cccc1NN. The fourth-order valence-corrected chi connectivity index (χ4v) is 1.16. The fourth-order valence-electron chi connectivity index (χ4n) is 1.16. The van der Waals surface area contributed by atoms with Gasteiger partial charge in [-0.15, -0.1) is 0 Å². The van der Waals surface area contributed by atoms with Gasteiger partial charge in [0.25, 0.3) is 0 Å². The lowest BCUT2D eigenvalue weighted by Crippen LogP contribution is -2.10. The molecule has 0 radical (unpaired) electrons. The zero-order valence-electron chi connectivity index (χ0n) is 7.32. The highest BCUT2D eigenvalue weighted by atomic mass is 16.4. The molecule has 0 aliphatic rings. The number of nitrogens with one attached hydrogen (secondary N) is 1. The first-order chi connectivity index (χ1) is 6.69. The van der Waals surface area contributed by atoms with E-state index >= 15 is 0 Å². The predicted molar refractivity (Wildman–Crippen MR) is 50.3 cm³/mol. The van der Waals surface area contributed by atoms with Crippen LogP contribution in [0.25, 0.3) is 0 Å². The Kier molecular flexibility index (Phi) is 3.05. The summed E-state index contributed by atoms with van der Waals surface area (Å²) in [7, 11) is 0. The maximum Gasteiger partial charge on any atom is 0.307 e. The lowest BCUT2D eigenvalue weighted by Gasteiger charge is -2.06. The molecule has 5 heteroatoms. The summed E-state index contributed by atoms with van der Waals surface area (Å²) in [5.41, 5.74) is 3.51. The number of nitrogens with zero attached hydrogens (tertiary/aromatic N) is 1. The Balaban J connectivity index is 3.17. The number of benzene rings is 1. The number of rotatable bonds is 3. The Morgan fingerprint density at radius 2 is 2.36 bits per heavy atom. The van der Waals surface area contributed by atoms with Gasteiger partial charge in [-0.2, -0.15) is 5.26 Å². The molecule has 0 unspecified atom stereocenters. The van der Waals surface area contributed by atoms with E-state index in [0.29, 0.717) is 11.3 Å². The molecule has 0 spiro atoms. The second-order valence-corrected chi connectivity index (χ2v) is 2.67. The van der Waals surface area contributed by atoms with Gasteiger partial charge in [0.15, 0.2) is 0 Å². The van der Waals surface area contributed by atoms with Crippen molar-refractivity contribution in [3.63, 3.8) is 0 Å². The van der Waals surface area contributed by atoms with Crippen molar-refractivity contribution in [1.82, 2.24) is 0 Å². The van der Waals surface area contributed by atoms with Gasteiger partial charge in [-0.3, -0.25) is 10.6 Å². The molecule has 0 aliphatic heterocycles. The van der Waals surface area contributed by atoms with Gasteiger partial charge >= 0.3 is 5.97 Å². The number of carbonyl (C=O) groups is 1. The van der Waals surface area contributed by atoms with E-state index in [1.54, 1.807) is 18.2 Å². The minimum absolute atomic E-state index is 0.182. The molecule has 0 aromatic heterocycles. The van der Waals surface area contributed by atoms with E-state index in [1.165, 1.54) is 0 Å². The summed E-state index contributed by atoms with van der Waals surface area (Å²) in [6.45, 7) is 0. The molecule has 4 N–H and O–H groups in total. The zero-order valence-corrected chi connectivity index (χ0v) is 7.32. The lowest BCUT2D eigenvalue weighted by atomic mass is 10.0. The smallest absolute Gasteiger partial charge is 0.307 e. The van der Waals surface area contributed by atoms with Crippen molar-refractivity contribution in [3.8, 4) is 6.07 Å². The number of nitrogens with two attached hydrogens (primary N) is 1. The third-order valence-corrected chi connectivity index (χ3v) is 1.76. The van der Waals surface area contributed by atoms with Crippen LogP contribution >= 0.6 is 0 Å². The summed E-state index contributed by atoms with van der Waals surface area (Å²) in [5.74, 6) is 4.20. The Morgan fingerprint density at radius 3 is 2.86 bits per heavy atom. The number of carboxylic acids is 1. The number of nitrogen functional groups attached to an aromatic ring is 1. The summed E-state index contributed by atoms with van der Waals surface area (Å²) in [5, 5.41) is 17.4. The maximum atomic E-state index is 10.5. The Labute approximate surface area is 80.7 Å². The quantitative estimate of drug-likeness (QED) is 0.476. The van der Waals surface area contributed by atoms with Gasteiger partial charge in [0.1, 0.15) is 6.07 Å². The van der Waals surface area contributed by atoms with Crippen LogP contribution < -0.4 is 11.3 Å². The van der Waals surface area contributed by atoms with E-state index in [-0.39, 0.29) is 12.0 Å². The van der Waals surface area contributed by atoms with E-state index in [9.17, 15) is 4.79 Å². The summed E-state index contributed by atoms with van der Waals surface area (Å²) < 4.78 is 0. The molecule has 0 amide bonds. The van der Waals surface area contributed by atoms with Crippen LogP contribution in [0.5, 0.6) is 0 Å². The first-order valence-electron chi connectivity index (χ1n) is 3.89. The third-order valence-electron chi connectivity index (χ3n) is 1.76. The van der Waals surface area contributed by atoms with Crippen LogP contribution in [0.3, 0.4) is 0 Å². The Morgan fingerprint density at radius 1 is 1.64 bits per heavy atom. The monoisotopic (exact) mass is 191 g/mol. The van der Waals surface area contributed by atoms with Crippen LogP contribution in [0.4, 0.5) is 5.69 Å². The summed E-state index contributed by atoms with van der Waals surface area (Å²) >= 11 is 0. The van der Waals surface area contributed by atoms with Crippen LogP contribution in [-0.2, 0) is 11.2 Å². The molecule has 0 heterocycles. The second-order valence-electron chi connectivity index (χ2n) is 2.67. The van der Waals surface area contributed by atoms with Crippen molar-refractivity contribution >= 4 is 11.7 Å². The largest absolute Gasteiger partial charge is 0.481 e. The molecule has 0 bridgehead atoms. The Hall–Kier alpha value is -2.06. The second kappa shape index (κ2) is 4.25. The highest BCUT2D eigenvalue weighted by molar-refractivity contribution is 5.73. The molecule has 5 nitrogen and oxygen atoms in total. The molecule has 72 valence electrons. The molecule has 1 aromatic rings. The van der Waals surface area contributed by atoms with Gasteiger partial charge < -0.3 is 10.5 Å². The van der Waals surface area contributed by atoms with Gasteiger partial charge in [-0.1, -0.05) is 12.1 Å². The van der Waals surface area contributed by atoms with Crippen molar-refractivity contribution in [1.29, 1.82) is 5.26 Å².